The van der Waals surface area contributed by atoms with Crippen LogP contribution >= 0.6 is 11.8 Å². The summed E-state index contributed by atoms with van der Waals surface area (Å²) in [4.78, 5) is 11.5. The number of carboxylic acid groups (broad SMARTS) is 1. The lowest BCUT2D eigenvalue weighted by Crippen LogP contribution is -2.14. The quantitative estimate of drug-likeness (QED) is 0.334. The highest BCUT2D eigenvalue weighted by Crippen LogP contribution is 2.41. The van der Waals surface area contributed by atoms with Crippen LogP contribution in [-0.4, -0.2) is 30.4 Å². The first kappa shape index (κ1) is 21.5. The standard InChI is InChI=1S/C23H23NO5S2/c25-22(26)14-30-21-13-20(18-10-3-4-11-19(18)23(21)27)24-31(28,29)17-9-5-8-16(12-17)15-6-1-2-7-15/h3-5,8-13,15,24,27H,1-2,6-7,14H2,(H,25,26). The lowest BCUT2D eigenvalue weighted by molar-refractivity contribution is -0.133. The van der Waals surface area contributed by atoms with Gasteiger partial charge in [0.2, 0.25) is 0 Å². The molecule has 162 valence electrons. The number of carboxylic acids is 1. The minimum Gasteiger partial charge on any atom is -0.506 e. The SMILES string of the molecule is O=C(O)CSc1cc(NS(=O)(=O)c2cccc(C3CCCC3)c2)c2ccccc2c1O. The Labute approximate surface area is 185 Å². The van der Waals surface area contributed by atoms with Gasteiger partial charge < -0.3 is 10.2 Å². The average Bonchev–Trinajstić information content (AvgIpc) is 3.30. The van der Waals surface area contributed by atoms with Crippen molar-refractivity contribution >= 4 is 44.2 Å². The van der Waals surface area contributed by atoms with E-state index in [0.717, 1.165) is 43.0 Å². The number of anilines is 1. The zero-order valence-corrected chi connectivity index (χ0v) is 18.4. The Morgan fingerprint density at radius 3 is 2.45 bits per heavy atom. The molecule has 1 aliphatic carbocycles. The van der Waals surface area contributed by atoms with E-state index in [9.17, 15) is 18.3 Å². The zero-order valence-electron chi connectivity index (χ0n) is 16.7. The van der Waals surface area contributed by atoms with Gasteiger partial charge >= 0.3 is 5.97 Å². The molecule has 0 saturated heterocycles. The van der Waals surface area contributed by atoms with Gasteiger partial charge in [-0.2, -0.15) is 0 Å². The largest absolute Gasteiger partial charge is 0.506 e. The lowest BCUT2D eigenvalue weighted by Gasteiger charge is -2.16. The van der Waals surface area contributed by atoms with Gasteiger partial charge in [0.1, 0.15) is 5.75 Å². The minimum atomic E-state index is -3.87. The fraction of sp³-hybridized carbons (Fsp3) is 0.261. The molecule has 1 aliphatic rings. The van der Waals surface area contributed by atoms with Crippen LogP contribution < -0.4 is 4.72 Å². The Bertz CT molecular complexity index is 1230. The Balaban J connectivity index is 1.72. The van der Waals surface area contributed by atoms with Crippen LogP contribution in [0.2, 0.25) is 0 Å². The summed E-state index contributed by atoms with van der Waals surface area (Å²) in [6.07, 6.45) is 4.47. The molecule has 6 nitrogen and oxygen atoms in total. The molecule has 0 amide bonds. The van der Waals surface area contributed by atoms with E-state index in [1.54, 1.807) is 42.5 Å². The van der Waals surface area contributed by atoms with Gasteiger partial charge in [-0.25, -0.2) is 8.42 Å². The summed E-state index contributed by atoms with van der Waals surface area (Å²) >= 11 is 0.941. The smallest absolute Gasteiger partial charge is 0.313 e. The summed E-state index contributed by atoms with van der Waals surface area (Å²) in [5.74, 6) is -0.943. The van der Waals surface area contributed by atoms with Crippen LogP contribution in [0, 0.1) is 0 Å². The molecule has 0 radical (unpaired) electrons. The van der Waals surface area contributed by atoms with E-state index < -0.39 is 16.0 Å². The van der Waals surface area contributed by atoms with Crippen molar-refractivity contribution in [2.24, 2.45) is 0 Å². The first-order valence-corrected chi connectivity index (χ1v) is 12.5. The van der Waals surface area contributed by atoms with Crippen LogP contribution in [0.25, 0.3) is 10.8 Å². The van der Waals surface area contributed by atoms with Gasteiger partial charge in [-0.3, -0.25) is 9.52 Å². The summed E-state index contributed by atoms with van der Waals surface area (Å²) in [5.41, 5.74) is 1.33. The van der Waals surface area contributed by atoms with Crippen LogP contribution in [-0.2, 0) is 14.8 Å². The van der Waals surface area contributed by atoms with Gasteiger partial charge in [0, 0.05) is 10.8 Å². The van der Waals surface area contributed by atoms with Gasteiger partial charge in [-0.15, -0.1) is 11.8 Å². The maximum Gasteiger partial charge on any atom is 0.313 e. The highest BCUT2D eigenvalue weighted by molar-refractivity contribution is 8.00. The Morgan fingerprint density at radius 1 is 1.03 bits per heavy atom. The maximum absolute atomic E-state index is 13.2. The number of hydrogen-bond acceptors (Lipinski definition) is 5. The predicted molar refractivity (Wildman–Crippen MR) is 122 cm³/mol. The van der Waals surface area contributed by atoms with E-state index in [2.05, 4.69) is 4.72 Å². The first-order chi connectivity index (χ1) is 14.8. The molecule has 0 bridgehead atoms. The monoisotopic (exact) mass is 457 g/mol. The highest BCUT2D eigenvalue weighted by Gasteiger charge is 2.22. The molecule has 31 heavy (non-hydrogen) atoms. The van der Waals surface area contributed by atoms with Crippen LogP contribution in [0.3, 0.4) is 0 Å². The number of rotatable bonds is 7. The number of phenolic OH excluding ortho intramolecular Hbond substituents is 1. The Hall–Kier alpha value is -2.71. The average molecular weight is 458 g/mol. The van der Waals surface area contributed by atoms with Crippen LogP contribution in [0.1, 0.15) is 37.2 Å². The molecule has 3 aromatic rings. The number of fused-ring (bicyclic) bond motifs is 1. The molecular weight excluding hydrogens is 434 g/mol. The van der Waals surface area contributed by atoms with E-state index in [1.807, 2.05) is 6.07 Å². The molecule has 0 aliphatic heterocycles. The molecule has 1 saturated carbocycles. The fourth-order valence-corrected chi connectivity index (χ4v) is 5.92. The molecule has 1 fully saturated rings. The van der Waals surface area contributed by atoms with Crippen molar-refractivity contribution in [2.45, 2.75) is 41.4 Å². The Kier molecular flexibility index (Phi) is 6.11. The lowest BCUT2D eigenvalue weighted by atomic mass is 9.98. The van der Waals surface area contributed by atoms with Gasteiger partial charge in [-0.05, 0) is 42.5 Å². The first-order valence-electron chi connectivity index (χ1n) is 10.1. The zero-order chi connectivity index (χ0) is 22.0. The molecule has 0 atom stereocenters. The number of aliphatic carboxylic acids is 1. The van der Waals surface area contributed by atoms with E-state index in [1.165, 1.54) is 6.07 Å². The molecular formula is C23H23NO5S2. The number of aromatic hydroxyl groups is 1. The van der Waals surface area contributed by atoms with Crippen LogP contribution in [0.15, 0.2) is 64.4 Å². The molecule has 0 spiro atoms. The summed E-state index contributed by atoms with van der Waals surface area (Å²) in [5, 5.41) is 20.5. The van der Waals surface area contributed by atoms with E-state index in [0.29, 0.717) is 27.3 Å². The molecule has 0 aromatic heterocycles. The fourth-order valence-electron chi connectivity index (χ4n) is 4.07. The number of sulfonamides is 1. The third-order valence-electron chi connectivity index (χ3n) is 5.57. The predicted octanol–water partition coefficient (Wildman–Crippen LogP) is 5.18. The maximum atomic E-state index is 13.2. The second-order valence-electron chi connectivity index (χ2n) is 7.66. The third kappa shape index (κ3) is 4.65. The molecule has 0 heterocycles. The third-order valence-corrected chi connectivity index (χ3v) is 7.95. The van der Waals surface area contributed by atoms with Crippen LogP contribution in [0.5, 0.6) is 5.75 Å². The van der Waals surface area contributed by atoms with Crippen molar-refractivity contribution in [3.63, 3.8) is 0 Å². The highest BCUT2D eigenvalue weighted by atomic mass is 32.2. The van der Waals surface area contributed by atoms with Crippen LogP contribution in [0.4, 0.5) is 5.69 Å². The molecule has 8 heteroatoms. The second kappa shape index (κ2) is 8.80. The molecule has 3 aromatic carbocycles. The van der Waals surface area contributed by atoms with E-state index in [4.69, 9.17) is 5.11 Å². The van der Waals surface area contributed by atoms with Crippen molar-refractivity contribution in [1.82, 2.24) is 0 Å². The van der Waals surface area contributed by atoms with E-state index >= 15 is 0 Å². The number of benzene rings is 3. The second-order valence-corrected chi connectivity index (χ2v) is 10.4. The normalized spacial score (nSPS) is 14.7. The van der Waals surface area contributed by atoms with Gasteiger partial charge in [0.05, 0.1) is 21.2 Å². The Morgan fingerprint density at radius 2 is 1.74 bits per heavy atom. The summed E-state index contributed by atoms with van der Waals surface area (Å²) in [6, 6.07) is 15.4. The number of phenols is 1. The minimum absolute atomic E-state index is 0.0620. The van der Waals surface area contributed by atoms with Gasteiger partial charge in [0.15, 0.2) is 0 Å². The van der Waals surface area contributed by atoms with Crippen molar-refractivity contribution in [3.05, 3.63) is 60.2 Å². The van der Waals surface area contributed by atoms with Gasteiger partial charge in [-0.1, -0.05) is 49.2 Å². The number of hydrogen-bond donors (Lipinski definition) is 3. The van der Waals surface area contributed by atoms with Gasteiger partial charge in [0.25, 0.3) is 10.0 Å². The summed E-state index contributed by atoms with van der Waals surface area (Å²) in [6.45, 7) is 0. The molecule has 3 N–H and O–H groups in total. The van der Waals surface area contributed by atoms with E-state index in [-0.39, 0.29) is 16.4 Å². The number of thioether (sulfide) groups is 1. The summed E-state index contributed by atoms with van der Waals surface area (Å²) in [7, 11) is -3.87. The van der Waals surface area contributed by atoms with Crippen molar-refractivity contribution < 1.29 is 23.4 Å². The molecule has 0 unspecified atom stereocenters. The molecule has 4 rings (SSSR count). The van der Waals surface area contributed by atoms with Crippen molar-refractivity contribution in [1.29, 1.82) is 0 Å². The van der Waals surface area contributed by atoms with Crippen molar-refractivity contribution in [3.8, 4) is 5.75 Å². The summed E-state index contributed by atoms with van der Waals surface area (Å²) < 4.78 is 29.1. The number of carbonyl (C=O) groups is 1. The van der Waals surface area contributed by atoms with Crippen molar-refractivity contribution in [2.75, 3.05) is 10.5 Å². The topological polar surface area (TPSA) is 104 Å². The number of nitrogens with one attached hydrogen (secondary N) is 1.